The highest BCUT2D eigenvalue weighted by Crippen LogP contribution is 2.15. The summed E-state index contributed by atoms with van der Waals surface area (Å²) < 4.78 is 0. The Morgan fingerprint density at radius 2 is 2.24 bits per heavy atom. The average molecular weight is 253 g/mol. The maximum Gasteiger partial charge on any atom is 0.251 e. The van der Waals surface area contributed by atoms with Crippen LogP contribution in [-0.4, -0.2) is 29.1 Å². The third kappa shape index (κ3) is 4.30. The van der Waals surface area contributed by atoms with Gasteiger partial charge in [-0.15, -0.1) is 0 Å². The van der Waals surface area contributed by atoms with Gasteiger partial charge in [0.15, 0.2) is 0 Å². The van der Waals surface area contributed by atoms with E-state index in [0.717, 1.165) is 17.7 Å². The molecule has 0 saturated carbocycles. The van der Waals surface area contributed by atoms with Crippen LogP contribution in [0.1, 0.15) is 29.3 Å². The minimum atomic E-state index is -0.0731. The molecule has 3 nitrogen and oxygen atoms in total. The lowest BCUT2D eigenvalue weighted by Crippen LogP contribution is -2.33. The van der Waals surface area contributed by atoms with Crippen LogP contribution in [0, 0.1) is 6.92 Å². The van der Waals surface area contributed by atoms with E-state index in [1.807, 2.05) is 13.8 Å². The fraction of sp³-hybridized carbons (Fsp3) is 0.462. The monoisotopic (exact) mass is 253 g/mol. The number of phenolic OH excluding ortho intramolecular Hbond substituents is 1. The maximum absolute atomic E-state index is 12.0. The van der Waals surface area contributed by atoms with Gasteiger partial charge >= 0.3 is 0 Å². The highest BCUT2D eigenvalue weighted by atomic mass is 32.2. The number of aromatic hydroxyl groups is 1. The number of phenols is 1. The van der Waals surface area contributed by atoms with Crippen molar-refractivity contribution in [3.63, 3.8) is 0 Å². The Morgan fingerprint density at radius 3 is 2.82 bits per heavy atom. The first kappa shape index (κ1) is 13.9. The average Bonchev–Trinajstić information content (AvgIpc) is 2.26. The van der Waals surface area contributed by atoms with E-state index in [1.165, 1.54) is 6.07 Å². The van der Waals surface area contributed by atoms with E-state index >= 15 is 0 Å². The lowest BCUT2D eigenvalue weighted by molar-refractivity contribution is 0.0939. The third-order valence-corrected chi connectivity index (χ3v) is 3.23. The first-order chi connectivity index (χ1) is 8.04. The molecule has 1 aromatic carbocycles. The minimum absolute atomic E-state index is 0.0731. The van der Waals surface area contributed by atoms with Crippen LogP contribution >= 0.6 is 11.8 Å². The first-order valence-corrected chi connectivity index (χ1v) is 7.03. The predicted octanol–water partition coefficient (Wildman–Crippen LogP) is 2.57. The molecule has 0 radical (unpaired) electrons. The van der Waals surface area contributed by atoms with Crippen molar-refractivity contribution in [3.8, 4) is 5.75 Å². The molecule has 0 heterocycles. The van der Waals surface area contributed by atoms with Crippen LogP contribution in [0.15, 0.2) is 18.2 Å². The van der Waals surface area contributed by atoms with Crippen molar-refractivity contribution < 1.29 is 9.90 Å². The predicted molar refractivity (Wildman–Crippen MR) is 72.8 cm³/mol. The molecule has 0 aliphatic carbocycles. The highest BCUT2D eigenvalue weighted by Gasteiger charge is 2.11. The fourth-order valence-electron chi connectivity index (χ4n) is 1.57. The van der Waals surface area contributed by atoms with Crippen LogP contribution in [-0.2, 0) is 0 Å². The van der Waals surface area contributed by atoms with Gasteiger partial charge in [-0.2, -0.15) is 11.8 Å². The first-order valence-electron chi connectivity index (χ1n) is 5.64. The molecule has 1 rings (SSSR count). The largest absolute Gasteiger partial charge is 0.508 e. The van der Waals surface area contributed by atoms with Crippen LogP contribution in [0.4, 0.5) is 0 Å². The Bertz CT molecular complexity index is 393. The van der Waals surface area contributed by atoms with E-state index < -0.39 is 0 Å². The molecule has 1 atom stereocenters. The van der Waals surface area contributed by atoms with E-state index in [9.17, 15) is 9.90 Å². The van der Waals surface area contributed by atoms with E-state index in [-0.39, 0.29) is 17.7 Å². The number of hydrogen-bond donors (Lipinski definition) is 2. The quantitative estimate of drug-likeness (QED) is 0.848. The number of carbonyl (C=O) groups excluding carboxylic acids is 1. The van der Waals surface area contributed by atoms with E-state index in [0.29, 0.717) is 5.56 Å². The maximum atomic E-state index is 12.0. The zero-order chi connectivity index (χ0) is 12.8. The lowest BCUT2D eigenvalue weighted by atomic mass is 10.1. The summed E-state index contributed by atoms with van der Waals surface area (Å²) >= 11 is 1.77. The van der Waals surface area contributed by atoms with E-state index in [2.05, 4.69) is 11.6 Å². The Morgan fingerprint density at radius 1 is 1.53 bits per heavy atom. The molecule has 0 bridgehead atoms. The molecule has 1 aromatic rings. The van der Waals surface area contributed by atoms with Crippen molar-refractivity contribution in [3.05, 3.63) is 29.3 Å². The van der Waals surface area contributed by atoms with Crippen molar-refractivity contribution >= 4 is 17.7 Å². The molecule has 0 fully saturated rings. The second-order valence-electron chi connectivity index (χ2n) is 4.16. The van der Waals surface area contributed by atoms with Gasteiger partial charge in [0.2, 0.25) is 0 Å². The molecule has 17 heavy (non-hydrogen) atoms. The topological polar surface area (TPSA) is 49.3 Å². The van der Waals surface area contributed by atoms with Crippen molar-refractivity contribution in [1.82, 2.24) is 5.32 Å². The molecule has 2 N–H and O–H groups in total. The number of nitrogens with one attached hydrogen (secondary N) is 1. The highest BCUT2D eigenvalue weighted by molar-refractivity contribution is 7.98. The summed E-state index contributed by atoms with van der Waals surface area (Å²) in [5.74, 6) is 1.15. The molecule has 0 aromatic heterocycles. The second kappa shape index (κ2) is 6.55. The van der Waals surface area contributed by atoms with Gasteiger partial charge in [-0.1, -0.05) is 0 Å². The standard InChI is InChI=1S/C13H19NO2S/c1-9-8-11(15)4-5-12(9)13(16)14-10(2)6-7-17-3/h4-5,8,10,15H,6-7H2,1-3H3,(H,14,16). The number of thioether (sulfide) groups is 1. The smallest absolute Gasteiger partial charge is 0.251 e. The van der Waals surface area contributed by atoms with Gasteiger partial charge in [0.25, 0.3) is 5.91 Å². The van der Waals surface area contributed by atoms with Crippen LogP contribution in [0.25, 0.3) is 0 Å². The summed E-state index contributed by atoms with van der Waals surface area (Å²) in [5, 5.41) is 12.2. The van der Waals surface area contributed by atoms with Gasteiger partial charge < -0.3 is 10.4 Å². The lowest BCUT2D eigenvalue weighted by Gasteiger charge is -2.14. The van der Waals surface area contributed by atoms with Crippen LogP contribution < -0.4 is 5.32 Å². The summed E-state index contributed by atoms with van der Waals surface area (Å²) in [6, 6.07) is 4.96. The molecular weight excluding hydrogens is 234 g/mol. The van der Waals surface area contributed by atoms with Crippen molar-refractivity contribution in [2.75, 3.05) is 12.0 Å². The number of carbonyl (C=O) groups is 1. The van der Waals surface area contributed by atoms with Crippen LogP contribution in [0.2, 0.25) is 0 Å². The molecular formula is C13H19NO2S. The van der Waals surface area contributed by atoms with Gasteiger partial charge in [-0.05, 0) is 56.0 Å². The zero-order valence-electron chi connectivity index (χ0n) is 10.5. The molecule has 0 saturated heterocycles. The number of hydrogen-bond acceptors (Lipinski definition) is 3. The SMILES string of the molecule is CSCCC(C)NC(=O)c1ccc(O)cc1C. The van der Waals surface area contributed by atoms with Gasteiger partial charge in [0, 0.05) is 11.6 Å². The van der Waals surface area contributed by atoms with E-state index in [4.69, 9.17) is 0 Å². The summed E-state index contributed by atoms with van der Waals surface area (Å²) in [5.41, 5.74) is 1.42. The number of rotatable bonds is 5. The summed E-state index contributed by atoms with van der Waals surface area (Å²) in [4.78, 5) is 12.0. The molecule has 1 unspecified atom stereocenters. The van der Waals surface area contributed by atoms with Crippen molar-refractivity contribution in [1.29, 1.82) is 0 Å². The summed E-state index contributed by atoms with van der Waals surface area (Å²) in [7, 11) is 0. The van der Waals surface area contributed by atoms with Gasteiger partial charge in [0.1, 0.15) is 5.75 Å². The number of aryl methyl sites for hydroxylation is 1. The third-order valence-electron chi connectivity index (χ3n) is 2.59. The van der Waals surface area contributed by atoms with Crippen LogP contribution in [0.5, 0.6) is 5.75 Å². The number of amides is 1. The molecule has 94 valence electrons. The molecule has 0 aliphatic rings. The molecule has 4 heteroatoms. The normalized spacial score (nSPS) is 12.2. The van der Waals surface area contributed by atoms with Gasteiger partial charge in [-0.3, -0.25) is 4.79 Å². The Labute approximate surface area is 107 Å². The van der Waals surface area contributed by atoms with E-state index in [1.54, 1.807) is 23.9 Å². The second-order valence-corrected chi connectivity index (χ2v) is 5.14. The number of benzene rings is 1. The summed E-state index contributed by atoms with van der Waals surface area (Å²) in [6.07, 6.45) is 3.02. The Hall–Kier alpha value is -1.16. The van der Waals surface area contributed by atoms with Gasteiger partial charge in [-0.25, -0.2) is 0 Å². The zero-order valence-corrected chi connectivity index (χ0v) is 11.3. The Kier molecular flexibility index (Phi) is 5.35. The molecule has 1 amide bonds. The molecule has 0 spiro atoms. The van der Waals surface area contributed by atoms with Gasteiger partial charge in [0.05, 0.1) is 0 Å². The van der Waals surface area contributed by atoms with Crippen molar-refractivity contribution in [2.24, 2.45) is 0 Å². The van der Waals surface area contributed by atoms with Crippen LogP contribution in [0.3, 0.4) is 0 Å². The van der Waals surface area contributed by atoms with Crippen molar-refractivity contribution in [2.45, 2.75) is 26.3 Å². The molecule has 0 aliphatic heterocycles. The minimum Gasteiger partial charge on any atom is -0.508 e. The Balaban J connectivity index is 2.63. The summed E-state index contributed by atoms with van der Waals surface area (Å²) in [6.45, 7) is 3.82. The fourth-order valence-corrected chi connectivity index (χ4v) is 2.16.